The van der Waals surface area contributed by atoms with Gasteiger partial charge >= 0.3 is 0 Å². The summed E-state index contributed by atoms with van der Waals surface area (Å²) in [5.41, 5.74) is 2.94. The molecule has 1 aliphatic rings. The minimum atomic E-state index is 0.114. The summed E-state index contributed by atoms with van der Waals surface area (Å²) < 4.78 is 1.73. The Balaban J connectivity index is 2.25. The van der Waals surface area contributed by atoms with E-state index in [1.807, 2.05) is 37.3 Å². The summed E-state index contributed by atoms with van der Waals surface area (Å²) in [5.74, 6) is 0.784. The Morgan fingerprint density at radius 1 is 1.11 bits per heavy atom. The molecule has 1 aromatic carbocycles. The average Bonchev–Trinajstić information content (AvgIpc) is 2.40. The van der Waals surface area contributed by atoms with Crippen molar-refractivity contribution in [3.8, 4) is 5.69 Å². The molecule has 0 radical (unpaired) electrons. The average molecular weight is 240 g/mol. The minimum Gasteiger partial charge on any atom is -0.269 e. The zero-order chi connectivity index (χ0) is 12.5. The summed E-state index contributed by atoms with van der Waals surface area (Å²) in [6, 6.07) is 9.74. The van der Waals surface area contributed by atoms with Crippen LogP contribution < -0.4 is 5.56 Å². The molecular weight excluding hydrogens is 224 g/mol. The van der Waals surface area contributed by atoms with Crippen LogP contribution in [0.15, 0.2) is 35.1 Å². The highest BCUT2D eigenvalue weighted by Gasteiger charge is 2.18. The second-order valence-corrected chi connectivity index (χ2v) is 4.77. The van der Waals surface area contributed by atoms with Crippen LogP contribution in [0.2, 0.25) is 0 Å². The SMILES string of the molecule is Cc1nc2c(c(=O)n1-c1ccccc1)CCCC2. The molecule has 1 aromatic heterocycles. The van der Waals surface area contributed by atoms with Crippen molar-refractivity contribution in [3.63, 3.8) is 0 Å². The van der Waals surface area contributed by atoms with E-state index in [0.29, 0.717) is 0 Å². The van der Waals surface area contributed by atoms with E-state index in [0.717, 1.165) is 48.5 Å². The van der Waals surface area contributed by atoms with Gasteiger partial charge in [0.25, 0.3) is 5.56 Å². The third-order valence-corrected chi connectivity index (χ3v) is 3.53. The van der Waals surface area contributed by atoms with Crippen molar-refractivity contribution in [2.24, 2.45) is 0 Å². The van der Waals surface area contributed by atoms with Crippen LogP contribution in [0, 0.1) is 6.92 Å². The van der Waals surface area contributed by atoms with Gasteiger partial charge in [-0.15, -0.1) is 0 Å². The number of fused-ring (bicyclic) bond motifs is 1. The molecule has 2 aromatic rings. The normalized spacial score (nSPS) is 14.3. The maximum Gasteiger partial charge on any atom is 0.261 e. The van der Waals surface area contributed by atoms with E-state index >= 15 is 0 Å². The first-order valence-corrected chi connectivity index (χ1v) is 6.44. The Morgan fingerprint density at radius 3 is 2.61 bits per heavy atom. The van der Waals surface area contributed by atoms with Gasteiger partial charge in [0.2, 0.25) is 0 Å². The maximum atomic E-state index is 12.6. The Kier molecular flexibility index (Phi) is 2.74. The van der Waals surface area contributed by atoms with Crippen LogP contribution in [0.25, 0.3) is 5.69 Å². The molecule has 92 valence electrons. The van der Waals surface area contributed by atoms with Crippen LogP contribution in [0.4, 0.5) is 0 Å². The second kappa shape index (κ2) is 4.41. The molecule has 0 fully saturated rings. The zero-order valence-corrected chi connectivity index (χ0v) is 10.5. The lowest BCUT2D eigenvalue weighted by Gasteiger charge is -2.18. The summed E-state index contributed by atoms with van der Waals surface area (Å²) in [6.07, 6.45) is 4.06. The molecule has 18 heavy (non-hydrogen) atoms. The fraction of sp³-hybridized carbons (Fsp3) is 0.333. The number of rotatable bonds is 1. The predicted octanol–water partition coefficient (Wildman–Crippen LogP) is 2.42. The molecule has 0 aliphatic heterocycles. The van der Waals surface area contributed by atoms with Crippen LogP contribution in [0.3, 0.4) is 0 Å². The van der Waals surface area contributed by atoms with Crippen molar-refractivity contribution in [1.29, 1.82) is 0 Å². The number of nitrogens with zero attached hydrogens (tertiary/aromatic N) is 2. The van der Waals surface area contributed by atoms with E-state index in [2.05, 4.69) is 4.98 Å². The number of aryl methyl sites for hydroxylation is 2. The van der Waals surface area contributed by atoms with Gasteiger partial charge < -0.3 is 0 Å². The molecule has 0 bridgehead atoms. The highest BCUT2D eigenvalue weighted by Crippen LogP contribution is 2.17. The van der Waals surface area contributed by atoms with E-state index in [4.69, 9.17) is 0 Å². The molecule has 0 N–H and O–H groups in total. The van der Waals surface area contributed by atoms with E-state index < -0.39 is 0 Å². The fourth-order valence-electron chi connectivity index (χ4n) is 2.65. The summed E-state index contributed by atoms with van der Waals surface area (Å²) in [5, 5.41) is 0. The molecule has 0 spiro atoms. The topological polar surface area (TPSA) is 34.9 Å². The summed E-state index contributed by atoms with van der Waals surface area (Å²) >= 11 is 0. The number of benzene rings is 1. The van der Waals surface area contributed by atoms with Crippen LogP contribution in [-0.4, -0.2) is 9.55 Å². The Hall–Kier alpha value is -1.90. The van der Waals surface area contributed by atoms with Gasteiger partial charge in [-0.25, -0.2) is 4.98 Å². The number of hydrogen-bond donors (Lipinski definition) is 0. The molecule has 0 amide bonds. The molecule has 0 unspecified atom stereocenters. The lowest BCUT2D eigenvalue weighted by molar-refractivity contribution is 0.640. The molecule has 1 heterocycles. The third-order valence-electron chi connectivity index (χ3n) is 3.53. The van der Waals surface area contributed by atoms with E-state index in [9.17, 15) is 4.79 Å². The zero-order valence-electron chi connectivity index (χ0n) is 10.5. The highest BCUT2D eigenvalue weighted by molar-refractivity contribution is 5.35. The minimum absolute atomic E-state index is 0.114. The van der Waals surface area contributed by atoms with Gasteiger partial charge in [0.15, 0.2) is 0 Å². The van der Waals surface area contributed by atoms with E-state index in [1.54, 1.807) is 4.57 Å². The summed E-state index contributed by atoms with van der Waals surface area (Å²) in [7, 11) is 0. The lowest BCUT2D eigenvalue weighted by Crippen LogP contribution is -2.29. The Morgan fingerprint density at radius 2 is 1.83 bits per heavy atom. The summed E-state index contributed by atoms with van der Waals surface area (Å²) in [6.45, 7) is 1.91. The van der Waals surface area contributed by atoms with Crippen molar-refractivity contribution in [2.75, 3.05) is 0 Å². The van der Waals surface area contributed by atoms with Gasteiger partial charge in [0.1, 0.15) is 5.82 Å². The number of hydrogen-bond acceptors (Lipinski definition) is 2. The first-order chi connectivity index (χ1) is 8.77. The van der Waals surface area contributed by atoms with Crippen molar-refractivity contribution in [2.45, 2.75) is 32.6 Å². The number of para-hydroxylation sites is 1. The molecule has 1 aliphatic carbocycles. The first-order valence-electron chi connectivity index (χ1n) is 6.44. The first kappa shape index (κ1) is 11.2. The largest absolute Gasteiger partial charge is 0.269 e. The Labute approximate surface area is 106 Å². The molecule has 3 rings (SSSR count). The van der Waals surface area contributed by atoms with Crippen LogP contribution in [0.1, 0.15) is 29.9 Å². The molecular formula is C15H16N2O. The molecule has 0 atom stereocenters. The van der Waals surface area contributed by atoms with E-state index in [-0.39, 0.29) is 5.56 Å². The van der Waals surface area contributed by atoms with E-state index in [1.165, 1.54) is 0 Å². The van der Waals surface area contributed by atoms with Crippen LogP contribution >= 0.6 is 0 Å². The van der Waals surface area contributed by atoms with Gasteiger partial charge in [-0.1, -0.05) is 18.2 Å². The molecule has 3 nitrogen and oxygen atoms in total. The van der Waals surface area contributed by atoms with Gasteiger partial charge in [-0.2, -0.15) is 0 Å². The quantitative estimate of drug-likeness (QED) is 0.767. The van der Waals surface area contributed by atoms with Crippen molar-refractivity contribution < 1.29 is 0 Å². The van der Waals surface area contributed by atoms with Gasteiger partial charge in [0, 0.05) is 5.56 Å². The molecule has 3 heteroatoms. The molecule has 0 saturated carbocycles. The Bertz CT molecular complexity index is 629. The van der Waals surface area contributed by atoms with Gasteiger partial charge in [-0.3, -0.25) is 9.36 Å². The smallest absolute Gasteiger partial charge is 0.261 e. The van der Waals surface area contributed by atoms with Crippen molar-refractivity contribution in [1.82, 2.24) is 9.55 Å². The highest BCUT2D eigenvalue weighted by atomic mass is 16.1. The lowest BCUT2D eigenvalue weighted by atomic mass is 9.97. The second-order valence-electron chi connectivity index (χ2n) is 4.77. The number of aromatic nitrogens is 2. The predicted molar refractivity (Wildman–Crippen MR) is 71.2 cm³/mol. The monoisotopic (exact) mass is 240 g/mol. The maximum absolute atomic E-state index is 12.6. The van der Waals surface area contributed by atoms with Crippen molar-refractivity contribution in [3.05, 3.63) is 57.8 Å². The van der Waals surface area contributed by atoms with Crippen molar-refractivity contribution >= 4 is 0 Å². The standard InChI is InChI=1S/C15H16N2O/c1-11-16-14-10-6-5-9-13(14)15(18)17(11)12-7-3-2-4-8-12/h2-4,7-8H,5-6,9-10H2,1H3. The van der Waals surface area contributed by atoms with Gasteiger partial charge in [-0.05, 0) is 44.7 Å². The van der Waals surface area contributed by atoms with Crippen LogP contribution in [-0.2, 0) is 12.8 Å². The van der Waals surface area contributed by atoms with Gasteiger partial charge in [0.05, 0.1) is 11.4 Å². The molecule has 0 saturated heterocycles. The summed E-state index contributed by atoms with van der Waals surface area (Å²) in [4.78, 5) is 17.2. The fourth-order valence-corrected chi connectivity index (χ4v) is 2.65. The van der Waals surface area contributed by atoms with Crippen LogP contribution in [0.5, 0.6) is 0 Å². The third kappa shape index (κ3) is 1.76.